The number of Topliss-reactive ketones (excluding diaryl/α,β-unsaturated/α-hetero) is 2. The average Bonchev–Trinajstić information content (AvgIpc) is 3.01. The van der Waals surface area contributed by atoms with Crippen LogP contribution in [0.15, 0.2) is 29.3 Å². The number of aliphatic imine (C=N–C) groups is 1. The number of thiophene rings is 1. The Morgan fingerprint density at radius 1 is 1.20 bits per heavy atom. The number of ketones is 2. The van der Waals surface area contributed by atoms with Gasteiger partial charge in [-0.25, -0.2) is 9.79 Å². The molecule has 0 amide bonds. The quantitative estimate of drug-likeness (QED) is 0.473. The topological polar surface area (TPSA) is 72.8 Å². The molecule has 25 heavy (non-hydrogen) atoms. The van der Waals surface area contributed by atoms with E-state index in [1.54, 1.807) is 31.2 Å². The molecule has 5 nitrogen and oxygen atoms in total. The lowest BCUT2D eigenvalue weighted by Crippen LogP contribution is -2.16. The van der Waals surface area contributed by atoms with E-state index in [0.29, 0.717) is 21.7 Å². The molecule has 1 heterocycles. The van der Waals surface area contributed by atoms with Crippen LogP contribution in [-0.4, -0.2) is 30.4 Å². The average molecular weight is 355 g/mol. The molecule has 1 aliphatic rings. The van der Waals surface area contributed by atoms with Crippen molar-refractivity contribution < 1.29 is 19.1 Å². The monoisotopic (exact) mass is 355 g/mol. The maximum absolute atomic E-state index is 12.4. The Morgan fingerprint density at radius 2 is 1.80 bits per heavy atom. The summed E-state index contributed by atoms with van der Waals surface area (Å²) in [5, 5.41) is 0.463. The number of hydrogen-bond donors (Lipinski definition) is 0. The highest BCUT2D eigenvalue weighted by Gasteiger charge is 2.37. The van der Waals surface area contributed by atoms with Gasteiger partial charge in [-0.2, -0.15) is 0 Å². The van der Waals surface area contributed by atoms with E-state index in [9.17, 15) is 14.4 Å². The van der Waals surface area contributed by atoms with Crippen LogP contribution in [0.1, 0.15) is 48.4 Å². The fourth-order valence-electron chi connectivity index (χ4n) is 2.79. The number of benzene rings is 1. The second kappa shape index (κ2) is 6.72. The maximum atomic E-state index is 12.4. The molecule has 0 saturated heterocycles. The van der Waals surface area contributed by atoms with Gasteiger partial charge in [0.25, 0.3) is 0 Å². The number of carbonyl (C=O) groups is 3. The second-order valence-electron chi connectivity index (χ2n) is 5.71. The lowest BCUT2D eigenvalue weighted by atomic mass is 10.1. The number of ether oxygens (including phenoxy) is 1. The highest BCUT2D eigenvalue weighted by Crippen LogP contribution is 2.36. The predicted molar refractivity (Wildman–Crippen MR) is 96.5 cm³/mol. The standard InChI is InChI=1S/C19H17NO4S/c1-4-24-19(23)15-10(2)11(3)25-18(15)20-9-14-16(21)12-7-5-6-8-13(12)17(14)22/h5-9,14H,4H2,1-3H3. The molecule has 0 unspecified atom stereocenters. The molecule has 0 N–H and O–H groups in total. The summed E-state index contributed by atoms with van der Waals surface area (Å²) in [4.78, 5) is 42.3. The first-order valence-corrected chi connectivity index (χ1v) is 8.76. The van der Waals surface area contributed by atoms with Gasteiger partial charge in [-0.1, -0.05) is 24.3 Å². The number of carbonyl (C=O) groups excluding carboxylic acids is 3. The molecule has 0 aliphatic heterocycles. The minimum absolute atomic E-state index is 0.257. The molecule has 1 aliphatic carbocycles. The highest BCUT2D eigenvalue weighted by molar-refractivity contribution is 7.16. The lowest BCUT2D eigenvalue weighted by molar-refractivity contribution is 0.0526. The van der Waals surface area contributed by atoms with Crippen LogP contribution in [0.25, 0.3) is 0 Å². The Hall–Kier alpha value is -2.60. The van der Waals surface area contributed by atoms with Crippen LogP contribution in [0, 0.1) is 19.8 Å². The highest BCUT2D eigenvalue weighted by atomic mass is 32.1. The number of hydrogen-bond acceptors (Lipinski definition) is 6. The molecule has 128 valence electrons. The number of aryl methyl sites for hydroxylation is 1. The summed E-state index contributed by atoms with van der Waals surface area (Å²) in [5.74, 6) is -1.89. The van der Waals surface area contributed by atoms with Gasteiger partial charge < -0.3 is 4.74 Å². The molecular weight excluding hydrogens is 338 g/mol. The zero-order valence-corrected chi connectivity index (χ0v) is 15.0. The molecule has 2 aromatic rings. The van der Waals surface area contributed by atoms with Crippen LogP contribution in [0.2, 0.25) is 0 Å². The summed E-state index contributed by atoms with van der Waals surface area (Å²) in [6, 6.07) is 6.75. The van der Waals surface area contributed by atoms with Gasteiger partial charge in [-0.15, -0.1) is 11.3 Å². The van der Waals surface area contributed by atoms with Gasteiger partial charge in [0.15, 0.2) is 11.6 Å². The predicted octanol–water partition coefficient (Wildman–Crippen LogP) is 3.94. The summed E-state index contributed by atoms with van der Waals surface area (Å²) >= 11 is 1.34. The van der Waals surface area contributed by atoms with Crippen molar-refractivity contribution in [1.82, 2.24) is 0 Å². The van der Waals surface area contributed by atoms with E-state index in [2.05, 4.69) is 4.99 Å². The third-order valence-electron chi connectivity index (χ3n) is 4.21. The molecule has 0 spiro atoms. The van der Waals surface area contributed by atoms with Gasteiger partial charge in [0, 0.05) is 22.2 Å². The van der Waals surface area contributed by atoms with Crippen molar-refractivity contribution in [3.8, 4) is 0 Å². The van der Waals surface area contributed by atoms with Crippen LogP contribution >= 0.6 is 11.3 Å². The molecule has 0 radical (unpaired) electrons. The lowest BCUT2D eigenvalue weighted by Gasteiger charge is -2.03. The molecular formula is C19H17NO4S. The SMILES string of the molecule is CCOC(=O)c1c(N=CC2C(=O)c3ccccc3C2=O)sc(C)c1C. The number of nitrogens with zero attached hydrogens (tertiary/aromatic N) is 1. The number of rotatable bonds is 4. The van der Waals surface area contributed by atoms with Crippen molar-refractivity contribution >= 4 is 40.1 Å². The molecule has 0 bridgehead atoms. The van der Waals surface area contributed by atoms with Crippen molar-refractivity contribution in [3.63, 3.8) is 0 Å². The molecule has 3 rings (SSSR count). The van der Waals surface area contributed by atoms with Crippen LogP contribution < -0.4 is 0 Å². The van der Waals surface area contributed by atoms with Gasteiger partial charge in [0.05, 0.1) is 12.2 Å². The molecule has 1 aromatic carbocycles. The van der Waals surface area contributed by atoms with E-state index in [-0.39, 0.29) is 18.2 Å². The Morgan fingerprint density at radius 3 is 2.36 bits per heavy atom. The van der Waals surface area contributed by atoms with Gasteiger partial charge in [0.1, 0.15) is 10.9 Å². The first-order valence-electron chi connectivity index (χ1n) is 7.94. The van der Waals surface area contributed by atoms with Gasteiger partial charge in [-0.3, -0.25) is 9.59 Å². The van der Waals surface area contributed by atoms with E-state index in [4.69, 9.17) is 4.74 Å². The Bertz CT molecular complexity index is 875. The minimum Gasteiger partial charge on any atom is -0.462 e. The van der Waals surface area contributed by atoms with Crippen molar-refractivity contribution in [1.29, 1.82) is 0 Å². The van der Waals surface area contributed by atoms with Crippen LogP contribution in [0.3, 0.4) is 0 Å². The zero-order chi connectivity index (χ0) is 18.1. The first kappa shape index (κ1) is 17.2. The Balaban J connectivity index is 1.94. The fourth-order valence-corrected chi connectivity index (χ4v) is 3.79. The maximum Gasteiger partial charge on any atom is 0.341 e. The number of esters is 1. The largest absolute Gasteiger partial charge is 0.462 e. The first-order chi connectivity index (χ1) is 12.0. The Kier molecular flexibility index (Phi) is 4.63. The van der Waals surface area contributed by atoms with Crippen molar-refractivity contribution in [3.05, 3.63) is 51.4 Å². The van der Waals surface area contributed by atoms with E-state index >= 15 is 0 Å². The van der Waals surface area contributed by atoms with E-state index in [0.717, 1.165) is 10.4 Å². The zero-order valence-electron chi connectivity index (χ0n) is 14.2. The third kappa shape index (κ3) is 2.93. The van der Waals surface area contributed by atoms with Gasteiger partial charge in [0.2, 0.25) is 0 Å². The molecule has 0 saturated carbocycles. The molecule has 0 fully saturated rings. The van der Waals surface area contributed by atoms with Gasteiger partial charge >= 0.3 is 5.97 Å². The summed E-state index contributed by atoms with van der Waals surface area (Å²) in [6.07, 6.45) is 1.35. The summed E-state index contributed by atoms with van der Waals surface area (Å²) in [6.45, 7) is 5.73. The van der Waals surface area contributed by atoms with Crippen LogP contribution in [0.4, 0.5) is 5.00 Å². The molecule has 1 aromatic heterocycles. The molecule has 0 atom stereocenters. The third-order valence-corrected chi connectivity index (χ3v) is 5.33. The smallest absolute Gasteiger partial charge is 0.341 e. The molecule has 6 heteroatoms. The second-order valence-corrected chi connectivity index (χ2v) is 6.92. The fraction of sp³-hybridized carbons (Fsp3) is 0.263. The van der Waals surface area contributed by atoms with Crippen molar-refractivity contribution in [2.45, 2.75) is 20.8 Å². The van der Waals surface area contributed by atoms with Gasteiger partial charge in [-0.05, 0) is 26.3 Å². The van der Waals surface area contributed by atoms with E-state index in [1.165, 1.54) is 17.6 Å². The van der Waals surface area contributed by atoms with Crippen LogP contribution in [0.5, 0.6) is 0 Å². The number of fused-ring (bicyclic) bond motifs is 1. The van der Waals surface area contributed by atoms with Crippen molar-refractivity contribution in [2.24, 2.45) is 10.9 Å². The summed E-state index contributed by atoms with van der Waals surface area (Å²) in [7, 11) is 0. The van der Waals surface area contributed by atoms with E-state index < -0.39 is 11.9 Å². The summed E-state index contributed by atoms with van der Waals surface area (Å²) < 4.78 is 5.09. The van der Waals surface area contributed by atoms with E-state index in [1.807, 2.05) is 13.8 Å². The van der Waals surface area contributed by atoms with Crippen molar-refractivity contribution in [2.75, 3.05) is 6.61 Å². The van der Waals surface area contributed by atoms with Crippen LogP contribution in [-0.2, 0) is 4.74 Å². The Labute approximate surface area is 149 Å². The summed E-state index contributed by atoms with van der Waals surface area (Å²) in [5.41, 5.74) is 2.06. The normalized spacial score (nSPS) is 14.4. The minimum atomic E-state index is -0.935.